The van der Waals surface area contributed by atoms with Crippen molar-refractivity contribution in [1.29, 1.82) is 0 Å². The van der Waals surface area contributed by atoms with Gasteiger partial charge in [0.15, 0.2) is 0 Å². The molecular weight excluding hydrogens is 705 g/mol. The lowest BCUT2D eigenvalue weighted by molar-refractivity contribution is 1.10. The number of fused-ring (bicyclic) bond motifs is 3. The molecule has 4 heteroatoms. The van der Waals surface area contributed by atoms with Gasteiger partial charge in [-0.15, -0.1) is 0 Å². The van der Waals surface area contributed by atoms with Crippen molar-refractivity contribution in [3.05, 3.63) is 219 Å². The summed E-state index contributed by atoms with van der Waals surface area (Å²) in [5, 5.41) is 2.45. The summed E-state index contributed by atoms with van der Waals surface area (Å²) in [5.74, 6) is 0.920. The van der Waals surface area contributed by atoms with Gasteiger partial charge in [0.2, 0.25) is 0 Å². The molecule has 0 spiro atoms. The summed E-state index contributed by atoms with van der Waals surface area (Å²) < 4.78 is 4.49. The van der Waals surface area contributed by atoms with E-state index in [1.165, 1.54) is 16.3 Å². The van der Waals surface area contributed by atoms with Gasteiger partial charge >= 0.3 is 0 Å². The van der Waals surface area contributed by atoms with E-state index in [9.17, 15) is 0 Å². The van der Waals surface area contributed by atoms with Crippen LogP contribution in [-0.4, -0.2) is 18.9 Å². The maximum absolute atomic E-state index is 5.13. The third-order valence-electron chi connectivity index (χ3n) is 11.1. The number of imidazole rings is 2. The van der Waals surface area contributed by atoms with Crippen LogP contribution in [0.3, 0.4) is 0 Å². The highest BCUT2D eigenvalue weighted by Crippen LogP contribution is 2.40. The number of hydrogen-bond donors (Lipinski definition) is 0. The number of pyridine rings is 1. The smallest absolute Gasteiger partial charge is 0.145 e. The number of hydrogen-bond acceptors (Lipinski definition) is 2. The Hall–Kier alpha value is -7.82. The van der Waals surface area contributed by atoms with Crippen LogP contribution in [0.25, 0.3) is 100 Å². The molecule has 0 aliphatic heterocycles. The fourth-order valence-electron chi connectivity index (χ4n) is 8.40. The molecule has 0 saturated carbocycles. The SMILES string of the molecule is c1ccc(-c2nc3ccccn3c2-c2cccc(-c3cc(-c4cccc(-n5c(-c6ccccc6)nc6ccccc65)c4)cc(-c4cccc5ccccc45)c3)c2)cc1. The minimum absolute atomic E-state index is 0.919. The quantitative estimate of drug-likeness (QED) is 0.163. The Kier molecular flexibility index (Phi) is 8.11. The maximum Gasteiger partial charge on any atom is 0.145 e. The predicted molar refractivity (Wildman–Crippen MR) is 240 cm³/mol. The molecular formula is C54H36N4. The van der Waals surface area contributed by atoms with Crippen LogP contribution in [0.15, 0.2) is 219 Å². The molecule has 4 nitrogen and oxygen atoms in total. The van der Waals surface area contributed by atoms with Crippen LogP contribution in [0.1, 0.15) is 0 Å². The highest BCUT2D eigenvalue weighted by molar-refractivity contribution is 5.98. The second-order valence-electron chi connectivity index (χ2n) is 14.7. The van der Waals surface area contributed by atoms with E-state index in [1.807, 2.05) is 12.1 Å². The summed E-state index contributed by atoms with van der Waals surface area (Å²) in [5.41, 5.74) is 16.2. The van der Waals surface area contributed by atoms with E-state index >= 15 is 0 Å². The van der Waals surface area contributed by atoms with Crippen molar-refractivity contribution in [2.45, 2.75) is 0 Å². The summed E-state index contributed by atoms with van der Waals surface area (Å²) in [6.45, 7) is 0. The number of benzene rings is 8. The van der Waals surface area contributed by atoms with Gasteiger partial charge in [-0.2, -0.15) is 0 Å². The van der Waals surface area contributed by atoms with Crippen molar-refractivity contribution < 1.29 is 0 Å². The molecule has 0 saturated heterocycles. The van der Waals surface area contributed by atoms with Gasteiger partial charge in [0, 0.05) is 28.6 Å². The lowest BCUT2D eigenvalue weighted by Crippen LogP contribution is -1.98. The molecule has 3 heterocycles. The fourth-order valence-corrected chi connectivity index (χ4v) is 8.40. The molecule has 0 aliphatic carbocycles. The molecule has 8 aromatic carbocycles. The van der Waals surface area contributed by atoms with Crippen molar-refractivity contribution in [2.75, 3.05) is 0 Å². The normalized spacial score (nSPS) is 11.4. The van der Waals surface area contributed by atoms with Gasteiger partial charge in [0.1, 0.15) is 11.5 Å². The molecule has 0 fully saturated rings. The van der Waals surface area contributed by atoms with Crippen molar-refractivity contribution >= 4 is 27.5 Å². The first-order valence-corrected chi connectivity index (χ1v) is 19.7. The zero-order valence-corrected chi connectivity index (χ0v) is 31.6. The van der Waals surface area contributed by atoms with Crippen molar-refractivity contribution in [3.8, 4) is 73.0 Å². The highest BCUT2D eigenvalue weighted by Gasteiger charge is 2.18. The van der Waals surface area contributed by atoms with Crippen LogP contribution in [0.5, 0.6) is 0 Å². The Morgan fingerprint density at radius 2 is 0.983 bits per heavy atom. The summed E-state index contributed by atoms with van der Waals surface area (Å²) in [7, 11) is 0. The number of aromatic nitrogens is 4. The molecule has 0 N–H and O–H groups in total. The van der Waals surface area contributed by atoms with E-state index in [1.54, 1.807) is 0 Å². The van der Waals surface area contributed by atoms with Gasteiger partial charge in [0.25, 0.3) is 0 Å². The average molecular weight is 741 g/mol. The van der Waals surface area contributed by atoms with Crippen LogP contribution in [0, 0.1) is 0 Å². The fraction of sp³-hybridized carbons (Fsp3) is 0. The molecule has 11 rings (SSSR count). The third-order valence-corrected chi connectivity index (χ3v) is 11.1. The molecule has 3 aromatic heterocycles. The van der Waals surface area contributed by atoms with Gasteiger partial charge in [-0.25, -0.2) is 9.97 Å². The molecule has 272 valence electrons. The van der Waals surface area contributed by atoms with E-state index in [-0.39, 0.29) is 0 Å². The second-order valence-corrected chi connectivity index (χ2v) is 14.7. The van der Waals surface area contributed by atoms with Gasteiger partial charge in [-0.3, -0.25) is 8.97 Å². The topological polar surface area (TPSA) is 35.1 Å². The first-order valence-electron chi connectivity index (χ1n) is 19.7. The zero-order valence-electron chi connectivity index (χ0n) is 31.6. The number of rotatable bonds is 7. The molecule has 0 aliphatic rings. The molecule has 0 radical (unpaired) electrons. The predicted octanol–water partition coefficient (Wildman–Crippen LogP) is 13.8. The molecule has 0 amide bonds. The number of para-hydroxylation sites is 2. The summed E-state index contributed by atoms with van der Waals surface area (Å²) in [6.07, 6.45) is 2.11. The average Bonchev–Trinajstić information content (AvgIpc) is 3.89. The van der Waals surface area contributed by atoms with Gasteiger partial charge in [-0.05, 0) is 105 Å². The summed E-state index contributed by atoms with van der Waals surface area (Å²) in [6, 6.07) is 75.5. The Morgan fingerprint density at radius 1 is 0.379 bits per heavy atom. The van der Waals surface area contributed by atoms with Crippen LogP contribution in [-0.2, 0) is 0 Å². The van der Waals surface area contributed by atoms with E-state index in [4.69, 9.17) is 9.97 Å². The molecule has 11 aromatic rings. The Bertz CT molecular complexity index is 3100. The third kappa shape index (κ3) is 5.87. The van der Waals surface area contributed by atoms with Crippen LogP contribution < -0.4 is 0 Å². The Morgan fingerprint density at radius 3 is 1.83 bits per heavy atom. The monoisotopic (exact) mass is 740 g/mol. The molecule has 0 bridgehead atoms. The van der Waals surface area contributed by atoms with Crippen molar-refractivity contribution in [3.63, 3.8) is 0 Å². The minimum atomic E-state index is 0.919. The Labute approximate surface area is 336 Å². The summed E-state index contributed by atoms with van der Waals surface area (Å²) in [4.78, 5) is 10.3. The lowest BCUT2D eigenvalue weighted by atomic mass is 9.90. The standard InChI is InChI=1S/C54H36N4/c1-3-17-38(18-4-1)52-53(57-31-12-11-30-51(57)56-52)42-24-13-22-40(32-42)43-33-44(35-45(34-43)48-27-15-21-37-16-7-8-26-47(37)48)41-23-14-25-46(36-41)58-50-29-10-9-28-49(50)55-54(58)39-19-5-2-6-20-39/h1-36H. The number of nitrogens with zero attached hydrogens (tertiary/aromatic N) is 4. The van der Waals surface area contributed by atoms with E-state index in [0.717, 1.165) is 84.1 Å². The van der Waals surface area contributed by atoms with Crippen LogP contribution in [0.4, 0.5) is 0 Å². The van der Waals surface area contributed by atoms with Gasteiger partial charge in [0.05, 0.1) is 22.4 Å². The minimum Gasteiger partial charge on any atom is -0.299 e. The second kappa shape index (κ2) is 14.0. The van der Waals surface area contributed by atoms with E-state index in [0.29, 0.717) is 0 Å². The highest BCUT2D eigenvalue weighted by atomic mass is 15.1. The van der Waals surface area contributed by atoms with E-state index < -0.39 is 0 Å². The largest absolute Gasteiger partial charge is 0.299 e. The Balaban J connectivity index is 1.11. The van der Waals surface area contributed by atoms with E-state index in [2.05, 4.69) is 215 Å². The zero-order chi connectivity index (χ0) is 38.4. The van der Waals surface area contributed by atoms with Crippen LogP contribution >= 0.6 is 0 Å². The van der Waals surface area contributed by atoms with Gasteiger partial charge < -0.3 is 0 Å². The summed E-state index contributed by atoms with van der Waals surface area (Å²) >= 11 is 0. The van der Waals surface area contributed by atoms with Crippen molar-refractivity contribution in [1.82, 2.24) is 18.9 Å². The first kappa shape index (κ1) is 33.5. The lowest BCUT2D eigenvalue weighted by Gasteiger charge is -2.15. The molecule has 0 atom stereocenters. The van der Waals surface area contributed by atoms with Gasteiger partial charge in [-0.1, -0.05) is 152 Å². The first-order chi connectivity index (χ1) is 28.7. The maximum atomic E-state index is 5.13. The molecule has 0 unspecified atom stereocenters. The van der Waals surface area contributed by atoms with Crippen LogP contribution in [0.2, 0.25) is 0 Å². The van der Waals surface area contributed by atoms with Crippen molar-refractivity contribution in [2.24, 2.45) is 0 Å². The molecule has 58 heavy (non-hydrogen) atoms.